The zero-order valence-electron chi connectivity index (χ0n) is 10.2. The fourth-order valence-electron chi connectivity index (χ4n) is 1.75. The van der Waals surface area contributed by atoms with Gasteiger partial charge < -0.3 is 5.32 Å². The number of pyridine rings is 1. The van der Waals surface area contributed by atoms with Crippen LogP contribution in [0, 0.1) is 12.7 Å². The van der Waals surface area contributed by atoms with Crippen LogP contribution in [0.2, 0.25) is 5.15 Å². The molecule has 4 heteroatoms. The maximum Gasteiger partial charge on any atom is 0.132 e. The van der Waals surface area contributed by atoms with Crippen LogP contribution in [-0.4, -0.2) is 4.98 Å². The number of aromatic nitrogens is 1. The van der Waals surface area contributed by atoms with Crippen LogP contribution < -0.4 is 5.32 Å². The number of hydrogen-bond donors (Lipinski definition) is 1. The van der Waals surface area contributed by atoms with E-state index < -0.39 is 0 Å². The first-order valence-electron chi connectivity index (χ1n) is 5.70. The standard InChI is InChI=1S/C14H14ClFN2/c1-9-6-13(8-17-14(9)15)18-10(2)11-4-3-5-12(16)7-11/h3-8,10,18H,1-2H3. The molecule has 1 aromatic heterocycles. The summed E-state index contributed by atoms with van der Waals surface area (Å²) >= 11 is 5.87. The average molecular weight is 265 g/mol. The number of aryl methyl sites for hydroxylation is 1. The molecule has 0 aliphatic carbocycles. The maximum atomic E-state index is 13.1. The summed E-state index contributed by atoms with van der Waals surface area (Å²) in [5.41, 5.74) is 2.67. The maximum absolute atomic E-state index is 13.1. The lowest BCUT2D eigenvalue weighted by atomic mass is 10.1. The summed E-state index contributed by atoms with van der Waals surface area (Å²) in [4.78, 5) is 4.07. The summed E-state index contributed by atoms with van der Waals surface area (Å²) in [6.07, 6.45) is 1.67. The van der Waals surface area contributed by atoms with Crippen molar-refractivity contribution in [3.8, 4) is 0 Å². The van der Waals surface area contributed by atoms with Crippen molar-refractivity contribution in [1.82, 2.24) is 4.98 Å². The smallest absolute Gasteiger partial charge is 0.132 e. The zero-order chi connectivity index (χ0) is 13.1. The highest BCUT2D eigenvalue weighted by molar-refractivity contribution is 6.30. The van der Waals surface area contributed by atoms with Gasteiger partial charge >= 0.3 is 0 Å². The Bertz CT molecular complexity index is 557. The predicted octanol–water partition coefficient (Wildman–Crippen LogP) is 4.36. The van der Waals surface area contributed by atoms with Gasteiger partial charge in [0.15, 0.2) is 0 Å². The summed E-state index contributed by atoms with van der Waals surface area (Å²) in [6, 6.07) is 8.47. The third-order valence-electron chi connectivity index (χ3n) is 2.75. The SMILES string of the molecule is Cc1cc(NC(C)c2cccc(F)c2)cnc1Cl. The summed E-state index contributed by atoms with van der Waals surface area (Å²) in [7, 11) is 0. The largest absolute Gasteiger partial charge is 0.377 e. The minimum absolute atomic E-state index is 0.00285. The van der Waals surface area contributed by atoms with Crippen LogP contribution in [0.25, 0.3) is 0 Å². The number of anilines is 1. The average Bonchev–Trinajstić information content (AvgIpc) is 2.34. The van der Waals surface area contributed by atoms with E-state index in [4.69, 9.17) is 11.6 Å². The molecule has 1 unspecified atom stereocenters. The van der Waals surface area contributed by atoms with Gasteiger partial charge in [-0.15, -0.1) is 0 Å². The molecule has 0 saturated heterocycles. The summed E-state index contributed by atoms with van der Waals surface area (Å²) in [6.45, 7) is 3.87. The second-order valence-electron chi connectivity index (χ2n) is 4.25. The van der Waals surface area contributed by atoms with E-state index >= 15 is 0 Å². The number of hydrogen-bond acceptors (Lipinski definition) is 2. The third-order valence-corrected chi connectivity index (χ3v) is 3.14. The molecule has 0 fully saturated rings. The topological polar surface area (TPSA) is 24.9 Å². The van der Waals surface area contributed by atoms with Crippen LogP contribution in [0.5, 0.6) is 0 Å². The lowest BCUT2D eigenvalue weighted by Gasteiger charge is -2.16. The molecule has 0 bridgehead atoms. The molecule has 94 valence electrons. The Labute approximate surface area is 111 Å². The van der Waals surface area contributed by atoms with E-state index in [9.17, 15) is 4.39 Å². The Morgan fingerprint density at radius 3 is 2.78 bits per heavy atom. The highest BCUT2D eigenvalue weighted by atomic mass is 35.5. The van der Waals surface area contributed by atoms with Gasteiger partial charge in [0.1, 0.15) is 11.0 Å². The van der Waals surface area contributed by atoms with E-state index in [1.807, 2.05) is 26.0 Å². The molecular formula is C14H14ClFN2. The minimum Gasteiger partial charge on any atom is -0.377 e. The Morgan fingerprint density at radius 1 is 1.33 bits per heavy atom. The molecule has 2 nitrogen and oxygen atoms in total. The van der Waals surface area contributed by atoms with Crippen LogP contribution in [0.15, 0.2) is 36.5 Å². The molecule has 2 aromatic rings. The fraction of sp³-hybridized carbons (Fsp3) is 0.214. The molecule has 18 heavy (non-hydrogen) atoms. The molecule has 1 N–H and O–H groups in total. The van der Waals surface area contributed by atoms with Crippen molar-refractivity contribution in [2.75, 3.05) is 5.32 Å². The van der Waals surface area contributed by atoms with E-state index in [1.165, 1.54) is 12.1 Å². The zero-order valence-corrected chi connectivity index (χ0v) is 11.0. The van der Waals surface area contributed by atoms with Gasteiger partial charge in [0.2, 0.25) is 0 Å². The van der Waals surface area contributed by atoms with Crippen molar-refractivity contribution in [1.29, 1.82) is 0 Å². The van der Waals surface area contributed by atoms with Crippen LogP contribution >= 0.6 is 11.6 Å². The summed E-state index contributed by atoms with van der Waals surface area (Å²) in [5, 5.41) is 3.76. The van der Waals surface area contributed by atoms with Gasteiger partial charge in [-0.3, -0.25) is 0 Å². The van der Waals surface area contributed by atoms with Crippen molar-refractivity contribution < 1.29 is 4.39 Å². The van der Waals surface area contributed by atoms with Crippen LogP contribution in [-0.2, 0) is 0 Å². The van der Waals surface area contributed by atoms with E-state index in [-0.39, 0.29) is 11.9 Å². The normalized spacial score (nSPS) is 12.2. The number of benzene rings is 1. The number of halogens is 2. The van der Waals surface area contributed by atoms with E-state index in [1.54, 1.807) is 12.3 Å². The number of nitrogens with one attached hydrogen (secondary N) is 1. The number of nitrogens with zero attached hydrogens (tertiary/aromatic N) is 1. The quantitative estimate of drug-likeness (QED) is 0.834. The van der Waals surface area contributed by atoms with Gasteiger partial charge in [0.05, 0.1) is 11.9 Å². The highest BCUT2D eigenvalue weighted by Gasteiger charge is 2.07. The van der Waals surface area contributed by atoms with Crippen LogP contribution in [0.4, 0.5) is 10.1 Å². The molecule has 1 heterocycles. The molecule has 1 atom stereocenters. The first kappa shape index (κ1) is 12.8. The van der Waals surface area contributed by atoms with E-state index in [2.05, 4.69) is 10.3 Å². The Balaban J connectivity index is 2.16. The molecular weight excluding hydrogens is 251 g/mol. The lowest BCUT2D eigenvalue weighted by molar-refractivity contribution is 0.623. The van der Waals surface area contributed by atoms with Gasteiger partial charge in [0.25, 0.3) is 0 Å². The predicted molar refractivity (Wildman–Crippen MR) is 72.4 cm³/mol. The molecule has 2 rings (SSSR count). The van der Waals surface area contributed by atoms with Gasteiger partial charge in [-0.1, -0.05) is 23.7 Å². The first-order valence-corrected chi connectivity index (χ1v) is 6.08. The molecule has 0 aliphatic rings. The van der Waals surface area contributed by atoms with E-state index in [0.717, 1.165) is 16.8 Å². The van der Waals surface area contributed by atoms with Gasteiger partial charge in [-0.2, -0.15) is 0 Å². The monoisotopic (exact) mass is 264 g/mol. The van der Waals surface area contributed by atoms with Gasteiger partial charge in [-0.05, 0) is 43.2 Å². The second-order valence-corrected chi connectivity index (χ2v) is 4.61. The Hall–Kier alpha value is -1.61. The lowest BCUT2D eigenvalue weighted by Crippen LogP contribution is -2.07. The number of rotatable bonds is 3. The first-order chi connectivity index (χ1) is 8.56. The highest BCUT2D eigenvalue weighted by Crippen LogP contribution is 2.22. The van der Waals surface area contributed by atoms with Gasteiger partial charge in [0, 0.05) is 6.04 Å². The van der Waals surface area contributed by atoms with Crippen molar-refractivity contribution in [2.45, 2.75) is 19.9 Å². The third kappa shape index (κ3) is 2.99. The van der Waals surface area contributed by atoms with Crippen molar-refractivity contribution in [3.63, 3.8) is 0 Å². The van der Waals surface area contributed by atoms with E-state index in [0.29, 0.717) is 5.15 Å². The fourth-order valence-corrected chi connectivity index (χ4v) is 1.85. The minimum atomic E-state index is -0.230. The Morgan fingerprint density at radius 2 is 2.11 bits per heavy atom. The molecule has 0 radical (unpaired) electrons. The molecule has 0 amide bonds. The van der Waals surface area contributed by atoms with Crippen molar-refractivity contribution >= 4 is 17.3 Å². The molecule has 0 saturated carbocycles. The van der Waals surface area contributed by atoms with Crippen molar-refractivity contribution in [2.24, 2.45) is 0 Å². The Kier molecular flexibility index (Phi) is 3.82. The molecule has 1 aromatic carbocycles. The summed E-state index contributed by atoms with van der Waals surface area (Å²) < 4.78 is 13.1. The van der Waals surface area contributed by atoms with Crippen LogP contribution in [0.1, 0.15) is 24.1 Å². The summed E-state index contributed by atoms with van der Waals surface area (Å²) in [5.74, 6) is -0.230. The molecule has 0 spiro atoms. The van der Waals surface area contributed by atoms with Gasteiger partial charge in [-0.25, -0.2) is 9.37 Å². The molecule has 0 aliphatic heterocycles. The van der Waals surface area contributed by atoms with Crippen LogP contribution in [0.3, 0.4) is 0 Å². The van der Waals surface area contributed by atoms with Crippen molar-refractivity contribution in [3.05, 3.63) is 58.6 Å². The second kappa shape index (κ2) is 5.36.